The number of hydrogen-bond donors (Lipinski definition) is 0. The van der Waals surface area contributed by atoms with E-state index in [1.807, 2.05) is 0 Å². The molecule has 2 rings (SSSR count). The van der Waals surface area contributed by atoms with Gasteiger partial charge >= 0.3 is 0 Å². The zero-order chi connectivity index (χ0) is 9.97. The Morgan fingerprint density at radius 2 is 2.14 bits per heavy atom. The van der Waals surface area contributed by atoms with E-state index >= 15 is 0 Å². The van der Waals surface area contributed by atoms with Crippen LogP contribution in [0.3, 0.4) is 0 Å². The monoisotopic (exact) mass is 194 g/mol. The van der Waals surface area contributed by atoms with E-state index in [9.17, 15) is 0 Å². The number of fused-ring (bicyclic) bond motifs is 1. The quantitative estimate of drug-likeness (QED) is 0.606. The van der Waals surface area contributed by atoms with E-state index < -0.39 is 0 Å². The van der Waals surface area contributed by atoms with Gasteiger partial charge in [-0.05, 0) is 19.8 Å². The van der Waals surface area contributed by atoms with Crippen LogP contribution in [0.15, 0.2) is 0 Å². The molecular weight excluding hydrogens is 170 g/mol. The van der Waals surface area contributed by atoms with Crippen LogP contribution in [0.4, 0.5) is 0 Å². The molecule has 1 saturated heterocycles. The Morgan fingerprint density at radius 1 is 1.29 bits per heavy atom. The van der Waals surface area contributed by atoms with Crippen molar-refractivity contribution >= 4 is 5.71 Å². The highest BCUT2D eigenvalue weighted by Crippen LogP contribution is 2.28. The van der Waals surface area contributed by atoms with Gasteiger partial charge in [0.2, 0.25) is 0 Å². The summed E-state index contributed by atoms with van der Waals surface area (Å²) in [5.74, 6) is 0. The zero-order valence-corrected chi connectivity index (χ0v) is 9.76. The van der Waals surface area contributed by atoms with Crippen molar-refractivity contribution in [2.75, 3.05) is 0 Å². The minimum Gasteiger partial charge on any atom is -0.232 e. The summed E-state index contributed by atoms with van der Waals surface area (Å²) < 4.78 is 2.78. The number of hydrogen-bond acceptors (Lipinski definition) is 0. The first kappa shape index (κ1) is 10.2. The molecule has 14 heavy (non-hydrogen) atoms. The molecule has 0 aromatic carbocycles. The molecule has 2 aliphatic rings. The van der Waals surface area contributed by atoms with Gasteiger partial charge in [0.05, 0.1) is 0 Å². The average Bonchev–Trinajstić information content (AvgIpc) is 2.59. The van der Waals surface area contributed by atoms with Gasteiger partial charge in [-0.25, -0.2) is 4.58 Å². The third kappa shape index (κ3) is 1.87. The first-order valence-electron chi connectivity index (χ1n) is 6.46. The van der Waals surface area contributed by atoms with Crippen molar-refractivity contribution in [2.24, 2.45) is 0 Å². The summed E-state index contributed by atoms with van der Waals surface area (Å²) in [7, 11) is 0. The fourth-order valence-corrected chi connectivity index (χ4v) is 3.24. The van der Waals surface area contributed by atoms with Gasteiger partial charge in [-0.15, -0.1) is 0 Å². The molecule has 2 heterocycles. The predicted octanol–water partition coefficient (Wildman–Crippen LogP) is 3.36. The lowest BCUT2D eigenvalue weighted by Gasteiger charge is -2.22. The number of rotatable bonds is 3. The molecule has 1 heteroatoms. The van der Waals surface area contributed by atoms with Crippen LogP contribution in [-0.4, -0.2) is 22.4 Å². The summed E-state index contributed by atoms with van der Waals surface area (Å²) in [6.45, 7) is 4.72. The second-order valence-corrected chi connectivity index (χ2v) is 5.05. The van der Waals surface area contributed by atoms with Gasteiger partial charge < -0.3 is 0 Å². The van der Waals surface area contributed by atoms with E-state index in [-0.39, 0.29) is 0 Å². The highest BCUT2D eigenvalue weighted by atomic mass is 15.1. The van der Waals surface area contributed by atoms with Gasteiger partial charge in [0.1, 0.15) is 6.04 Å². The fourth-order valence-electron chi connectivity index (χ4n) is 3.24. The van der Waals surface area contributed by atoms with Crippen molar-refractivity contribution in [2.45, 2.75) is 77.3 Å². The summed E-state index contributed by atoms with van der Waals surface area (Å²) in [4.78, 5) is 0. The van der Waals surface area contributed by atoms with Gasteiger partial charge in [-0.3, -0.25) is 0 Å². The van der Waals surface area contributed by atoms with Crippen LogP contribution < -0.4 is 0 Å². The van der Waals surface area contributed by atoms with E-state index in [0.29, 0.717) is 0 Å². The Kier molecular flexibility index (Phi) is 3.25. The SMILES string of the molecule is CCCCC1=[N+]2[C@H](CCC[C@H]2C)CC1. The molecule has 0 aliphatic carbocycles. The smallest absolute Gasteiger partial charge is 0.153 e. The minimum atomic E-state index is 0.836. The van der Waals surface area contributed by atoms with E-state index in [0.717, 1.165) is 12.1 Å². The number of nitrogens with zero attached hydrogens (tertiary/aromatic N) is 1. The fraction of sp³-hybridized carbons (Fsp3) is 0.923. The second-order valence-electron chi connectivity index (χ2n) is 5.05. The van der Waals surface area contributed by atoms with Gasteiger partial charge in [0.25, 0.3) is 0 Å². The van der Waals surface area contributed by atoms with E-state index in [1.165, 1.54) is 51.4 Å². The first-order valence-corrected chi connectivity index (χ1v) is 6.46. The topological polar surface area (TPSA) is 3.01 Å². The van der Waals surface area contributed by atoms with Crippen molar-refractivity contribution in [1.82, 2.24) is 0 Å². The van der Waals surface area contributed by atoms with Gasteiger partial charge in [0, 0.05) is 32.1 Å². The molecule has 0 aromatic heterocycles. The molecule has 0 spiro atoms. The number of piperidine rings is 1. The van der Waals surface area contributed by atoms with Crippen molar-refractivity contribution in [1.29, 1.82) is 0 Å². The third-order valence-corrected chi connectivity index (χ3v) is 3.98. The molecule has 2 aliphatic heterocycles. The summed E-state index contributed by atoms with van der Waals surface area (Å²) in [6, 6.07) is 1.76. The highest BCUT2D eigenvalue weighted by Gasteiger charge is 2.38. The molecule has 0 unspecified atom stereocenters. The molecule has 1 fully saturated rings. The molecule has 1 nitrogen and oxygen atoms in total. The summed E-state index contributed by atoms with van der Waals surface area (Å²) in [5, 5.41) is 0. The van der Waals surface area contributed by atoms with Gasteiger partial charge in [-0.1, -0.05) is 13.3 Å². The largest absolute Gasteiger partial charge is 0.232 e. The molecule has 0 N–H and O–H groups in total. The molecule has 2 atom stereocenters. The maximum absolute atomic E-state index is 2.78. The lowest BCUT2D eigenvalue weighted by Crippen LogP contribution is -2.36. The Bertz CT molecular complexity index is 229. The Balaban J connectivity index is 2.08. The second kappa shape index (κ2) is 4.46. The normalized spacial score (nSPS) is 32.1. The highest BCUT2D eigenvalue weighted by molar-refractivity contribution is 5.80. The first-order chi connectivity index (χ1) is 6.83. The average molecular weight is 194 g/mol. The van der Waals surface area contributed by atoms with Crippen LogP contribution >= 0.6 is 0 Å². The van der Waals surface area contributed by atoms with Crippen LogP contribution in [-0.2, 0) is 0 Å². The molecule has 80 valence electrons. The molecule has 0 saturated carbocycles. The molecule has 0 amide bonds. The Hall–Kier alpha value is -0.330. The van der Waals surface area contributed by atoms with Crippen LogP contribution in [0, 0.1) is 0 Å². The summed E-state index contributed by atoms with van der Waals surface area (Å²) >= 11 is 0. The zero-order valence-electron chi connectivity index (χ0n) is 9.76. The van der Waals surface area contributed by atoms with Crippen LogP contribution in [0.1, 0.15) is 65.2 Å². The molecular formula is C13H24N+. The lowest BCUT2D eigenvalue weighted by molar-refractivity contribution is -0.602. The maximum Gasteiger partial charge on any atom is 0.153 e. The summed E-state index contributed by atoms with van der Waals surface area (Å²) in [6.07, 6.45) is 11.3. The third-order valence-electron chi connectivity index (χ3n) is 3.98. The molecule has 0 radical (unpaired) electrons. The lowest BCUT2D eigenvalue weighted by atomic mass is 9.98. The van der Waals surface area contributed by atoms with Crippen molar-refractivity contribution in [3.8, 4) is 0 Å². The molecule has 0 aromatic rings. The van der Waals surface area contributed by atoms with Gasteiger partial charge in [0.15, 0.2) is 11.8 Å². The van der Waals surface area contributed by atoms with Crippen LogP contribution in [0.2, 0.25) is 0 Å². The van der Waals surface area contributed by atoms with Crippen LogP contribution in [0.25, 0.3) is 0 Å². The summed E-state index contributed by atoms with van der Waals surface area (Å²) in [5.41, 5.74) is 1.78. The van der Waals surface area contributed by atoms with Gasteiger partial charge in [-0.2, -0.15) is 0 Å². The standard InChI is InChI=1S/C13H24N/c1-3-4-7-12-9-10-13-8-5-6-11(2)14(12)13/h11,13H,3-10H2,1-2H3/q+1/t11-,13-/m1/s1. The number of unbranched alkanes of at least 4 members (excludes halogenated alkanes) is 1. The van der Waals surface area contributed by atoms with E-state index in [1.54, 1.807) is 5.71 Å². The van der Waals surface area contributed by atoms with Crippen molar-refractivity contribution < 1.29 is 4.58 Å². The maximum atomic E-state index is 2.78. The van der Waals surface area contributed by atoms with Crippen molar-refractivity contribution in [3.05, 3.63) is 0 Å². The Labute approximate surface area is 88.2 Å². The Morgan fingerprint density at radius 3 is 2.93 bits per heavy atom. The van der Waals surface area contributed by atoms with E-state index in [2.05, 4.69) is 18.4 Å². The van der Waals surface area contributed by atoms with Crippen molar-refractivity contribution in [3.63, 3.8) is 0 Å². The van der Waals surface area contributed by atoms with E-state index in [4.69, 9.17) is 0 Å². The van der Waals surface area contributed by atoms with Crippen LogP contribution in [0.5, 0.6) is 0 Å². The molecule has 0 bridgehead atoms. The predicted molar refractivity (Wildman–Crippen MR) is 61.1 cm³/mol. The minimum absolute atomic E-state index is 0.836.